The number of para-hydroxylation sites is 1. The van der Waals surface area contributed by atoms with Crippen molar-refractivity contribution in [2.24, 2.45) is 10.9 Å². The molecule has 0 aromatic heterocycles. The van der Waals surface area contributed by atoms with Gasteiger partial charge in [0.2, 0.25) is 0 Å². The monoisotopic (exact) mass is 441 g/mol. The van der Waals surface area contributed by atoms with E-state index in [9.17, 15) is 5.26 Å². The summed E-state index contributed by atoms with van der Waals surface area (Å²) >= 11 is 0. The van der Waals surface area contributed by atoms with Crippen LogP contribution in [0.4, 0.5) is 5.69 Å². The number of guanidine groups is 1. The van der Waals surface area contributed by atoms with E-state index >= 15 is 0 Å². The summed E-state index contributed by atoms with van der Waals surface area (Å²) in [5.74, 6) is 1.53. The molecule has 1 saturated heterocycles. The van der Waals surface area contributed by atoms with E-state index in [4.69, 9.17) is 0 Å². The molecular weight excluding hydrogens is 413 g/mol. The summed E-state index contributed by atoms with van der Waals surface area (Å²) in [6.45, 7) is 8.79. The van der Waals surface area contributed by atoms with Crippen molar-refractivity contribution in [2.75, 3.05) is 37.6 Å². The van der Waals surface area contributed by atoms with Crippen LogP contribution >= 0.6 is 24.0 Å². The van der Waals surface area contributed by atoms with E-state index in [0.717, 1.165) is 62.8 Å². The van der Waals surface area contributed by atoms with Crippen molar-refractivity contribution in [3.8, 4) is 6.07 Å². The van der Waals surface area contributed by atoms with Gasteiger partial charge < -0.3 is 15.5 Å². The summed E-state index contributed by atoms with van der Waals surface area (Å²) in [5, 5.41) is 15.8. The molecule has 1 aromatic rings. The van der Waals surface area contributed by atoms with E-state index in [1.54, 1.807) is 0 Å². The first-order valence-corrected chi connectivity index (χ1v) is 8.54. The number of hydrogen-bond donors (Lipinski definition) is 2. The number of aliphatic imine (C=N–C) groups is 1. The highest BCUT2D eigenvalue weighted by Crippen LogP contribution is 2.26. The Kier molecular flexibility index (Phi) is 9.53. The molecule has 1 aliphatic rings. The van der Waals surface area contributed by atoms with Crippen LogP contribution in [0.3, 0.4) is 0 Å². The van der Waals surface area contributed by atoms with Gasteiger partial charge in [0.15, 0.2) is 5.96 Å². The molecule has 0 radical (unpaired) electrons. The van der Waals surface area contributed by atoms with Crippen molar-refractivity contribution in [2.45, 2.75) is 26.7 Å². The van der Waals surface area contributed by atoms with Crippen LogP contribution < -0.4 is 15.5 Å². The third-order valence-electron chi connectivity index (χ3n) is 4.18. The topological polar surface area (TPSA) is 63.5 Å². The maximum atomic E-state index is 9.24. The number of nitrogens with one attached hydrogen (secondary N) is 2. The molecule has 0 atom stereocenters. The Labute approximate surface area is 162 Å². The van der Waals surface area contributed by atoms with Gasteiger partial charge in [-0.2, -0.15) is 5.26 Å². The summed E-state index contributed by atoms with van der Waals surface area (Å²) in [5.41, 5.74) is 1.84. The molecule has 1 aromatic carbocycles. The lowest BCUT2D eigenvalue weighted by atomic mass is 9.96. The van der Waals surface area contributed by atoms with Gasteiger partial charge in [0, 0.05) is 32.7 Å². The fraction of sp³-hybridized carbons (Fsp3) is 0.556. The molecule has 0 bridgehead atoms. The highest BCUT2D eigenvalue weighted by atomic mass is 127. The fourth-order valence-corrected chi connectivity index (χ4v) is 2.93. The lowest BCUT2D eigenvalue weighted by Gasteiger charge is -2.33. The first-order chi connectivity index (χ1) is 11.3. The highest BCUT2D eigenvalue weighted by Gasteiger charge is 2.20. The van der Waals surface area contributed by atoms with Crippen molar-refractivity contribution in [1.82, 2.24) is 10.6 Å². The van der Waals surface area contributed by atoms with Gasteiger partial charge in [0.1, 0.15) is 6.07 Å². The molecule has 1 heterocycles. The maximum absolute atomic E-state index is 9.24. The van der Waals surface area contributed by atoms with Crippen LogP contribution in [0.15, 0.2) is 29.3 Å². The number of halogens is 1. The highest BCUT2D eigenvalue weighted by molar-refractivity contribution is 14.0. The molecule has 5 nitrogen and oxygen atoms in total. The molecule has 0 spiro atoms. The van der Waals surface area contributed by atoms with Crippen molar-refractivity contribution in [3.63, 3.8) is 0 Å². The number of anilines is 1. The van der Waals surface area contributed by atoms with E-state index in [0.29, 0.717) is 5.92 Å². The zero-order valence-corrected chi connectivity index (χ0v) is 16.9. The summed E-state index contributed by atoms with van der Waals surface area (Å²) in [6, 6.07) is 10.2. The van der Waals surface area contributed by atoms with Gasteiger partial charge in [-0.1, -0.05) is 12.1 Å². The zero-order valence-electron chi connectivity index (χ0n) is 14.6. The predicted molar refractivity (Wildman–Crippen MR) is 111 cm³/mol. The van der Waals surface area contributed by atoms with E-state index in [2.05, 4.69) is 40.4 Å². The predicted octanol–water partition coefficient (Wildman–Crippen LogP) is 2.97. The Morgan fingerprint density at radius 3 is 2.42 bits per heavy atom. The molecular formula is C18H28IN5. The molecule has 0 amide bonds. The van der Waals surface area contributed by atoms with E-state index in [1.807, 2.05) is 24.3 Å². The second-order valence-corrected chi connectivity index (χ2v) is 5.81. The first-order valence-electron chi connectivity index (χ1n) is 8.54. The third kappa shape index (κ3) is 5.86. The Balaban J connectivity index is 0.00000288. The number of piperidine rings is 1. The number of nitrogens with zero attached hydrogens (tertiary/aromatic N) is 3. The van der Waals surface area contributed by atoms with Gasteiger partial charge in [0.05, 0.1) is 11.3 Å². The Morgan fingerprint density at radius 1 is 1.21 bits per heavy atom. The molecule has 24 heavy (non-hydrogen) atoms. The van der Waals surface area contributed by atoms with Gasteiger partial charge in [-0.05, 0) is 44.7 Å². The third-order valence-corrected chi connectivity index (χ3v) is 4.18. The minimum atomic E-state index is 0. The summed E-state index contributed by atoms with van der Waals surface area (Å²) < 4.78 is 0. The van der Waals surface area contributed by atoms with E-state index in [1.165, 1.54) is 0 Å². The van der Waals surface area contributed by atoms with Crippen LogP contribution in [-0.2, 0) is 0 Å². The standard InChI is InChI=1S/C18H27N5.HI/c1-3-20-18(21-4-2)22-14-15-9-11-23(12-10-15)17-8-6-5-7-16(17)13-19;/h5-8,15H,3-4,9-12,14H2,1-2H3,(H2,20,21,22);1H. The molecule has 2 N–H and O–H groups in total. The maximum Gasteiger partial charge on any atom is 0.191 e. The Bertz CT molecular complexity index is 551. The number of hydrogen-bond acceptors (Lipinski definition) is 3. The van der Waals surface area contributed by atoms with Crippen molar-refractivity contribution in [3.05, 3.63) is 29.8 Å². The first kappa shape index (κ1) is 20.6. The lowest BCUT2D eigenvalue weighted by molar-refractivity contribution is 0.414. The summed E-state index contributed by atoms with van der Waals surface area (Å²) in [4.78, 5) is 7.01. The molecule has 1 aliphatic heterocycles. The normalized spacial score (nSPS) is 14.3. The minimum Gasteiger partial charge on any atom is -0.370 e. The van der Waals surface area contributed by atoms with Gasteiger partial charge >= 0.3 is 0 Å². The lowest BCUT2D eigenvalue weighted by Crippen LogP contribution is -2.38. The van der Waals surface area contributed by atoms with Crippen molar-refractivity contribution < 1.29 is 0 Å². The zero-order chi connectivity index (χ0) is 16.5. The summed E-state index contributed by atoms with van der Waals surface area (Å²) in [6.07, 6.45) is 2.24. The van der Waals surface area contributed by atoms with Crippen LogP contribution in [0.1, 0.15) is 32.3 Å². The van der Waals surface area contributed by atoms with Crippen LogP contribution in [0.5, 0.6) is 0 Å². The SMILES string of the molecule is CCNC(=NCC1CCN(c2ccccc2C#N)CC1)NCC.I. The molecule has 132 valence electrons. The van der Waals surface area contributed by atoms with E-state index in [-0.39, 0.29) is 24.0 Å². The number of benzene rings is 1. The minimum absolute atomic E-state index is 0. The van der Waals surface area contributed by atoms with Crippen LogP contribution in [0, 0.1) is 17.2 Å². The largest absolute Gasteiger partial charge is 0.370 e. The second kappa shape index (κ2) is 11.1. The Morgan fingerprint density at radius 2 is 1.83 bits per heavy atom. The molecule has 1 fully saturated rings. The van der Waals surface area contributed by atoms with E-state index < -0.39 is 0 Å². The molecule has 6 heteroatoms. The second-order valence-electron chi connectivity index (χ2n) is 5.81. The van der Waals surface area contributed by atoms with Gasteiger partial charge in [-0.25, -0.2) is 0 Å². The smallest absolute Gasteiger partial charge is 0.191 e. The van der Waals surface area contributed by atoms with Crippen molar-refractivity contribution in [1.29, 1.82) is 5.26 Å². The van der Waals surface area contributed by atoms with Gasteiger partial charge in [-0.3, -0.25) is 4.99 Å². The summed E-state index contributed by atoms with van der Waals surface area (Å²) in [7, 11) is 0. The quantitative estimate of drug-likeness (QED) is 0.419. The van der Waals surface area contributed by atoms with Crippen molar-refractivity contribution >= 4 is 35.6 Å². The fourth-order valence-electron chi connectivity index (χ4n) is 2.93. The number of nitriles is 1. The molecule has 2 rings (SSSR count). The van der Waals surface area contributed by atoms with Crippen LogP contribution in [0.2, 0.25) is 0 Å². The molecule has 0 unspecified atom stereocenters. The van der Waals surface area contributed by atoms with Gasteiger partial charge in [0.25, 0.3) is 0 Å². The van der Waals surface area contributed by atoms with Crippen LogP contribution in [0.25, 0.3) is 0 Å². The number of rotatable bonds is 5. The average molecular weight is 441 g/mol. The molecule has 0 saturated carbocycles. The molecule has 0 aliphatic carbocycles. The Hall–Kier alpha value is -1.49. The van der Waals surface area contributed by atoms with Gasteiger partial charge in [-0.15, -0.1) is 24.0 Å². The average Bonchev–Trinajstić information content (AvgIpc) is 2.60. The van der Waals surface area contributed by atoms with Crippen LogP contribution in [-0.4, -0.2) is 38.7 Å².